The van der Waals surface area contributed by atoms with Crippen molar-refractivity contribution in [2.45, 2.75) is 43.4 Å². The van der Waals surface area contributed by atoms with Crippen LogP contribution in [0.2, 0.25) is 0 Å². The van der Waals surface area contributed by atoms with Gasteiger partial charge >= 0.3 is 6.01 Å². The zero-order chi connectivity index (χ0) is 30.4. The van der Waals surface area contributed by atoms with E-state index in [0.717, 1.165) is 24.8 Å². The molecule has 4 aromatic rings. The van der Waals surface area contributed by atoms with E-state index >= 15 is 8.78 Å². The Balaban J connectivity index is 1.38. The molecular formula is C34H31F3N6O. The van der Waals surface area contributed by atoms with Crippen LogP contribution in [0.5, 0.6) is 6.01 Å². The second-order valence-electron chi connectivity index (χ2n) is 12.0. The lowest BCUT2D eigenvalue weighted by atomic mass is 9.93. The van der Waals surface area contributed by atoms with Gasteiger partial charge in [-0.3, -0.25) is 4.90 Å². The Bertz CT molecular complexity index is 1850. The van der Waals surface area contributed by atoms with Crippen molar-refractivity contribution in [3.8, 4) is 35.6 Å². The first-order valence-corrected chi connectivity index (χ1v) is 15.0. The van der Waals surface area contributed by atoms with Crippen LogP contribution in [-0.4, -0.2) is 72.0 Å². The van der Waals surface area contributed by atoms with Crippen molar-refractivity contribution in [2.24, 2.45) is 0 Å². The Morgan fingerprint density at radius 2 is 1.98 bits per heavy atom. The number of alkyl halides is 1. The highest BCUT2D eigenvalue weighted by molar-refractivity contribution is 6.03. The molecule has 3 aliphatic heterocycles. The van der Waals surface area contributed by atoms with Crippen LogP contribution in [0.1, 0.15) is 31.2 Å². The van der Waals surface area contributed by atoms with Gasteiger partial charge in [0.2, 0.25) is 0 Å². The third-order valence-corrected chi connectivity index (χ3v) is 9.30. The number of hydrogen-bond acceptors (Lipinski definition) is 7. The minimum atomic E-state index is -0.929. The molecular weight excluding hydrogens is 565 g/mol. The fourth-order valence-corrected chi connectivity index (χ4v) is 7.29. The number of aromatic nitrogens is 2. The van der Waals surface area contributed by atoms with Gasteiger partial charge in [0.1, 0.15) is 29.9 Å². The fraction of sp³-hybridized carbons (Fsp3) is 0.382. The second kappa shape index (κ2) is 11.3. The van der Waals surface area contributed by atoms with Crippen LogP contribution in [0.15, 0.2) is 42.5 Å². The summed E-state index contributed by atoms with van der Waals surface area (Å²) in [7, 11) is 0. The largest absolute Gasteiger partial charge is 0.461 e. The summed E-state index contributed by atoms with van der Waals surface area (Å²) in [5.41, 5.74) is 0.0821. The molecule has 0 bridgehead atoms. The van der Waals surface area contributed by atoms with E-state index in [4.69, 9.17) is 11.2 Å². The Morgan fingerprint density at radius 3 is 2.80 bits per heavy atom. The van der Waals surface area contributed by atoms with Crippen molar-refractivity contribution >= 4 is 27.5 Å². The highest BCUT2D eigenvalue weighted by Crippen LogP contribution is 2.42. The molecule has 3 atom stereocenters. The van der Waals surface area contributed by atoms with Crippen molar-refractivity contribution in [3.63, 3.8) is 0 Å². The Hall–Kier alpha value is -4.38. The number of ether oxygens (including phenoxy) is 1. The fourth-order valence-electron chi connectivity index (χ4n) is 7.29. The molecule has 3 fully saturated rings. The number of piperazine rings is 1. The third kappa shape index (κ3) is 4.79. The summed E-state index contributed by atoms with van der Waals surface area (Å²) in [6.07, 6.45) is 7.24. The zero-order valence-corrected chi connectivity index (χ0v) is 24.1. The van der Waals surface area contributed by atoms with Gasteiger partial charge in [-0.2, -0.15) is 15.2 Å². The summed E-state index contributed by atoms with van der Waals surface area (Å²) in [6.45, 7) is 2.83. The summed E-state index contributed by atoms with van der Waals surface area (Å²) in [5.74, 6) is 1.36. The van der Waals surface area contributed by atoms with Crippen LogP contribution < -0.4 is 15.0 Å². The molecule has 3 aromatic carbocycles. The maximum Gasteiger partial charge on any atom is 0.319 e. The van der Waals surface area contributed by atoms with E-state index in [1.165, 1.54) is 6.07 Å². The summed E-state index contributed by atoms with van der Waals surface area (Å²) in [4.78, 5) is 13.2. The number of nitrogens with zero attached hydrogens (tertiary/aromatic N) is 5. The summed E-state index contributed by atoms with van der Waals surface area (Å²) in [6, 6.07) is 13.9. The smallest absolute Gasteiger partial charge is 0.319 e. The lowest BCUT2D eigenvalue weighted by Crippen LogP contribution is -2.51. The predicted octanol–water partition coefficient (Wildman–Crippen LogP) is 5.36. The quantitative estimate of drug-likeness (QED) is 0.301. The van der Waals surface area contributed by atoms with Crippen LogP contribution in [0.25, 0.3) is 32.8 Å². The van der Waals surface area contributed by atoms with Gasteiger partial charge in [0.25, 0.3) is 0 Å². The first-order valence-electron chi connectivity index (χ1n) is 15.0. The monoisotopic (exact) mass is 596 g/mol. The SMILES string of the molecule is C#Cc1cccc2cccc(-c3c(F)cc4c(N5CCN[C@@H](CC#N)C5)nc(OC[C@@]56CCCN5C[C@H](F)C6)nc4c3F)c12. The minimum absolute atomic E-state index is 0.0508. The summed E-state index contributed by atoms with van der Waals surface area (Å²) < 4.78 is 53.5. The van der Waals surface area contributed by atoms with E-state index < -0.39 is 23.3 Å². The van der Waals surface area contributed by atoms with Crippen LogP contribution in [0, 0.1) is 35.3 Å². The number of rotatable bonds is 6. The lowest BCUT2D eigenvalue weighted by Gasteiger charge is -2.34. The molecule has 3 aliphatic rings. The van der Waals surface area contributed by atoms with Gasteiger partial charge in [0.15, 0.2) is 5.82 Å². The van der Waals surface area contributed by atoms with Gasteiger partial charge in [-0.1, -0.05) is 36.3 Å². The maximum atomic E-state index is 16.7. The average Bonchev–Trinajstić information content (AvgIpc) is 3.55. The van der Waals surface area contributed by atoms with Crippen LogP contribution in [0.4, 0.5) is 19.0 Å². The summed E-state index contributed by atoms with van der Waals surface area (Å²) >= 11 is 0. The molecule has 10 heteroatoms. The molecule has 3 saturated heterocycles. The molecule has 4 heterocycles. The van der Waals surface area contributed by atoms with Crippen molar-refractivity contribution in [2.75, 3.05) is 44.2 Å². The number of hydrogen-bond donors (Lipinski definition) is 1. The van der Waals surface area contributed by atoms with Gasteiger partial charge in [-0.05, 0) is 42.5 Å². The van der Waals surface area contributed by atoms with Crippen LogP contribution >= 0.6 is 0 Å². The summed E-state index contributed by atoms with van der Waals surface area (Å²) in [5, 5.41) is 14.1. The second-order valence-corrected chi connectivity index (χ2v) is 12.0. The van der Waals surface area contributed by atoms with Crippen molar-refractivity contribution in [3.05, 3.63) is 59.7 Å². The lowest BCUT2D eigenvalue weighted by molar-refractivity contribution is 0.107. The molecule has 0 aliphatic carbocycles. The molecule has 0 unspecified atom stereocenters. The standard InChI is InChI=1S/C34H31F3N6O/c1-2-21-6-3-7-22-8-4-9-25(28(21)22)29-27(36)16-26-31(30(29)37)40-33(41-32(26)42-15-13-39-24(19-42)10-12-38)44-20-34-11-5-14-43(34)18-23(35)17-34/h1,3-4,6-9,16,23-24,39H,5,10-11,13-15,17-20H2/t23-,24+,34+/m1/s1. The predicted molar refractivity (Wildman–Crippen MR) is 163 cm³/mol. The number of halogens is 3. The first kappa shape index (κ1) is 28.4. The molecule has 224 valence electrons. The topological polar surface area (TPSA) is 77.3 Å². The van der Waals surface area contributed by atoms with E-state index in [1.807, 2.05) is 23.1 Å². The third-order valence-electron chi connectivity index (χ3n) is 9.30. The molecule has 0 radical (unpaired) electrons. The van der Waals surface area contributed by atoms with Crippen molar-refractivity contribution < 1.29 is 17.9 Å². The van der Waals surface area contributed by atoms with Gasteiger partial charge in [-0.25, -0.2) is 13.2 Å². The number of terminal acetylenes is 1. The molecule has 0 saturated carbocycles. The Labute approximate surface area is 253 Å². The maximum absolute atomic E-state index is 16.7. The van der Waals surface area contributed by atoms with E-state index in [0.29, 0.717) is 54.9 Å². The highest BCUT2D eigenvalue weighted by Gasteiger charge is 2.49. The average molecular weight is 597 g/mol. The van der Waals surface area contributed by atoms with Crippen molar-refractivity contribution in [1.29, 1.82) is 5.26 Å². The van der Waals surface area contributed by atoms with E-state index in [2.05, 4.69) is 32.2 Å². The van der Waals surface area contributed by atoms with E-state index in [9.17, 15) is 9.65 Å². The minimum Gasteiger partial charge on any atom is -0.461 e. The van der Waals surface area contributed by atoms with Gasteiger partial charge < -0.3 is 15.0 Å². The first-order chi connectivity index (χ1) is 21.4. The molecule has 0 amide bonds. The highest BCUT2D eigenvalue weighted by atomic mass is 19.1. The molecule has 7 nitrogen and oxygen atoms in total. The van der Waals surface area contributed by atoms with Crippen LogP contribution in [-0.2, 0) is 0 Å². The van der Waals surface area contributed by atoms with Crippen LogP contribution in [0.3, 0.4) is 0 Å². The zero-order valence-electron chi connectivity index (χ0n) is 24.1. The number of anilines is 1. The molecule has 0 spiro atoms. The number of fused-ring (bicyclic) bond motifs is 3. The Morgan fingerprint density at radius 1 is 1.14 bits per heavy atom. The molecule has 44 heavy (non-hydrogen) atoms. The van der Waals surface area contributed by atoms with Gasteiger partial charge in [-0.15, -0.1) is 6.42 Å². The van der Waals surface area contributed by atoms with Crippen molar-refractivity contribution in [1.82, 2.24) is 20.2 Å². The number of nitriles is 1. The Kier molecular flexibility index (Phi) is 7.28. The molecule has 1 aromatic heterocycles. The molecule has 7 rings (SSSR count). The van der Waals surface area contributed by atoms with E-state index in [-0.39, 0.29) is 41.5 Å². The number of nitrogens with one attached hydrogen (secondary N) is 1. The van der Waals surface area contributed by atoms with Gasteiger partial charge in [0, 0.05) is 55.0 Å². The normalized spacial score (nSPS) is 23.5. The van der Waals surface area contributed by atoms with E-state index in [1.54, 1.807) is 18.2 Å². The number of benzene rings is 3. The molecule has 1 N–H and O–H groups in total. The van der Waals surface area contributed by atoms with Gasteiger partial charge in [0.05, 0.1) is 23.6 Å².